The van der Waals surface area contributed by atoms with Gasteiger partial charge in [-0.25, -0.2) is 0 Å². The van der Waals surface area contributed by atoms with Crippen molar-refractivity contribution in [1.82, 2.24) is 0 Å². The number of nitrogens with zero attached hydrogens (tertiary/aromatic N) is 1. The van der Waals surface area contributed by atoms with Crippen LogP contribution in [0.25, 0.3) is 0 Å². The minimum atomic E-state index is 0.417. The smallest absolute Gasteiger partial charge is 0.146 e. The molecule has 0 aliphatic heterocycles. The van der Waals surface area contributed by atoms with E-state index in [0.717, 1.165) is 5.56 Å². The zero-order valence-corrected chi connectivity index (χ0v) is 10.5. The lowest BCUT2D eigenvalue weighted by Crippen LogP contribution is -1.91. The number of anilines is 1. The molecule has 0 bridgehead atoms. The van der Waals surface area contributed by atoms with Gasteiger partial charge in [-0.05, 0) is 42.8 Å². The first kappa shape index (κ1) is 12.3. The second-order valence-electron chi connectivity index (χ2n) is 3.90. The summed E-state index contributed by atoms with van der Waals surface area (Å²) < 4.78 is 5.66. The molecule has 0 unspecified atom stereocenters. The molecule has 2 N–H and O–H groups in total. The van der Waals surface area contributed by atoms with Crippen LogP contribution in [0.4, 0.5) is 5.69 Å². The molecule has 18 heavy (non-hydrogen) atoms. The van der Waals surface area contributed by atoms with E-state index in [4.69, 9.17) is 27.3 Å². The van der Waals surface area contributed by atoms with E-state index in [9.17, 15) is 0 Å². The number of hydrogen-bond acceptors (Lipinski definition) is 3. The molecule has 0 fully saturated rings. The minimum Gasteiger partial charge on any atom is -0.454 e. The maximum absolute atomic E-state index is 9.02. The van der Waals surface area contributed by atoms with E-state index < -0.39 is 0 Å². The summed E-state index contributed by atoms with van der Waals surface area (Å²) in [5.41, 5.74) is 7.65. The molecule has 2 rings (SSSR count). The average Bonchev–Trinajstić information content (AvgIpc) is 2.33. The van der Waals surface area contributed by atoms with Crippen LogP contribution in [0.1, 0.15) is 11.1 Å². The van der Waals surface area contributed by atoms with Gasteiger partial charge in [0.2, 0.25) is 0 Å². The number of hydrogen-bond donors (Lipinski definition) is 1. The highest BCUT2D eigenvalue weighted by Crippen LogP contribution is 2.32. The summed E-state index contributed by atoms with van der Waals surface area (Å²) in [5, 5.41) is 9.43. The van der Waals surface area contributed by atoms with E-state index in [1.165, 1.54) is 0 Å². The van der Waals surface area contributed by atoms with Gasteiger partial charge in [-0.15, -0.1) is 0 Å². The van der Waals surface area contributed by atoms with Gasteiger partial charge in [-0.3, -0.25) is 0 Å². The lowest BCUT2D eigenvalue weighted by molar-refractivity contribution is 0.481. The Kier molecular flexibility index (Phi) is 3.40. The van der Waals surface area contributed by atoms with Crippen LogP contribution in [0.5, 0.6) is 11.5 Å². The third kappa shape index (κ3) is 2.55. The van der Waals surface area contributed by atoms with E-state index in [1.54, 1.807) is 30.3 Å². The predicted molar refractivity (Wildman–Crippen MR) is 71.8 cm³/mol. The number of rotatable bonds is 2. The maximum atomic E-state index is 9.02. The van der Waals surface area contributed by atoms with E-state index in [-0.39, 0.29) is 0 Å². The molecule has 0 radical (unpaired) electrons. The molecule has 0 heterocycles. The van der Waals surface area contributed by atoms with Crippen molar-refractivity contribution in [3.63, 3.8) is 0 Å². The highest BCUT2D eigenvalue weighted by molar-refractivity contribution is 6.32. The van der Waals surface area contributed by atoms with Gasteiger partial charge in [0, 0.05) is 5.69 Å². The van der Waals surface area contributed by atoms with Crippen molar-refractivity contribution in [3.8, 4) is 17.6 Å². The molecular weight excluding hydrogens is 248 g/mol. The number of halogens is 1. The Balaban J connectivity index is 2.40. The van der Waals surface area contributed by atoms with E-state index in [0.29, 0.717) is 27.8 Å². The first-order valence-electron chi connectivity index (χ1n) is 5.34. The van der Waals surface area contributed by atoms with Crippen molar-refractivity contribution < 1.29 is 4.74 Å². The molecule has 0 aliphatic carbocycles. The second-order valence-corrected chi connectivity index (χ2v) is 4.31. The Hall–Kier alpha value is -2.18. The van der Waals surface area contributed by atoms with Gasteiger partial charge in [0.15, 0.2) is 0 Å². The fourth-order valence-corrected chi connectivity index (χ4v) is 1.75. The van der Waals surface area contributed by atoms with Gasteiger partial charge in [0.1, 0.15) is 17.6 Å². The first-order valence-corrected chi connectivity index (χ1v) is 5.71. The summed E-state index contributed by atoms with van der Waals surface area (Å²) in [7, 11) is 0. The van der Waals surface area contributed by atoms with Crippen LogP contribution in [0.3, 0.4) is 0 Å². The molecule has 0 aliphatic rings. The highest BCUT2D eigenvalue weighted by atomic mass is 35.5. The molecule has 2 aromatic rings. The van der Waals surface area contributed by atoms with Gasteiger partial charge >= 0.3 is 0 Å². The molecule has 3 nitrogen and oxygen atoms in total. The number of aryl methyl sites for hydroxylation is 1. The van der Waals surface area contributed by atoms with Crippen molar-refractivity contribution in [2.24, 2.45) is 0 Å². The lowest BCUT2D eigenvalue weighted by Gasteiger charge is -2.10. The largest absolute Gasteiger partial charge is 0.454 e. The van der Waals surface area contributed by atoms with Crippen LogP contribution in [-0.4, -0.2) is 0 Å². The van der Waals surface area contributed by atoms with E-state index >= 15 is 0 Å². The Morgan fingerprint density at radius 2 is 1.94 bits per heavy atom. The number of nitrogens with two attached hydrogens (primary N) is 1. The summed E-state index contributed by atoms with van der Waals surface area (Å²) in [6, 6.07) is 12.4. The fraction of sp³-hybridized carbons (Fsp3) is 0.0714. The minimum absolute atomic E-state index is 0.417. The Bertz CT molecular complexity index is 632. The van der Waals surface area contributed by atoms with Crippen LogP contribution in [-0.2, 0) is 0 Å². The van der Waals surface area contributed by atoms with Crippen molar-refractivity contribution in [3.05, 3.63) is 52.5 Å². The van der Waals surface area contributed by atoms with Crippen molar-refractivity contribution in [2.75, 3.05) is 5.73 Å². The monoisotopic (exact) mass is 258 g/mol. The zero-order chi connectivity index (χ0) is 13.1. The highest BCUT2D eigenvalue weighted by Gasteiger charge is 2.08. The van der Waals surface area contributed by atoms with Gasteiger partial charge in [0.05, 0.1) is 10.6 Å². The summed E-state index contributed by atoms with van der Waals surface area (Å²) in [4.78, 5) is 0. The molecule has 90 valence electrons. The third-order valence-corrected chi connectivity index (χ3v) is 2.73. The first-order chi connectivity index (χ1) is 8.60. The predicted octanol–water partition coefficient (Wildman–Crippen LogP) is 3.89. The zero-order valence-electron chi connectivity index (χ0n) is 9.77. The van der Waals surface area contributed by atoms with Crippen LogP contribution in [0.2, 0.25) is 5.02 Å². The van der Waals surface area contributed by atoms with Crippen LogP contribution >= 0.6 is 11.6 Å². The number of ether oxygens (including phenoxy) is 1. The summed E-state index contributed by atoms with van der Waals surface area (Å²) >= 11 is 6.03. The summed E-state index contributed by atoms with van der Waals surface area (Å²) in [6.45, 7) is 1.93. The molecule has 0 saturated heterocycles. The van der Waals surface area contributed by atoms with Crippen molar-refractivity contribution in [2.45, 2.75) is 6.92 Å². The Morgan fingerprint density at radius 1 is 1.17 bits per heavy atom. The summed E-state index contributed by atoms with van der Waals surface area (Å²) in [6.07, 6.45) is 0. The van der Waals surface area contributed by atoms with Gasteiger partial charge in [-0.2, -0.15) is 5.26 Å². The maximum Gasteiger partial charge on any atom is 0.146 e. The van der Waals surface area contributed by atoms with Gasteiger partial charge < -0.3 is 10.5 Å². The average molecular weight is 259 g/mol. The second kappa shape index (κ2) is 4.99. The molecular formula is C14H11ClN2O. The number of nitriles is 1. The molecule has 0 aromatic heterocycles. The standard InChI is InChI=1S/C14H11ClN2O/c1-9-2-3-10(8-16)14(6-9)18-13-5-4-11(17)7-12(13)15/h2-7H,17H2,1H3. The number of benzene rings is 2. The SMILES string of the molecule is Cc1ccc(C#N)c(Oc2ccc(N)cc2Cl)c1. The Morgan fingerprint density at radius 3 is 2.61 bits per heavy atom. The summed E-state index contributed by atoms with van der Waals surface area (Å²) in [5.74, 6) is 0.970. The van der Waals surface area contributed by atoms with Crippen LogP contribution in [0, 0.1) is 18.3 Å². The fourth-order valence-electron chi connectivity index (χ4n) is 1.52. The van der Waals surface area contributed by atoms with Crippen LogP contribution in [0.15, 0.2) is 36.4 Å². The van der Waals surface area contributed by atoms with Crippen LogP contribution < -0.4 is 10.5 Å². The normalized spacial score (nSPS) is 9.83. The van der Waals surface area contributed by atoms with Crippen molar-refractivity contribution >= 4 is 17.3 Å². The molecule has 0 spiro atoms. The van der Waals surface area contributed by atoms with Gasteiger partial charge in [0.25, 0.3) is 0 Å². The lowest BCUT2D eigenvalue weighted by atomic mass is 10.1. The van der Waals surface area contributed by atoms with E-state index in [2.05, 4.69) is 6.07 Å². The topological polar surface area (TPSA) is 59.0 Å². The molecule has 0 atom stereocenters. The third-order valence-electron chi connectivity index (χ3n) is 2.43. The molecule has 2 aromatic carbocycles. The molecule has 4 heteroatoms. The van der Waals surface area contributed by atoms with E-state index in [1.807, 2.05) is 13.0 Å². The quantitative estimate of drug-likeness (QED) is 0.831. The number of nitrogen functional groups attached to an aromatic ring is 1. The molecule has 0 amide bonds. The van der Waals surface area contributed by atoms with Gasteiger partial charge in [-0.1, -0.05) is 17.7 Å². The van der Waals surface area contributed by atoms with Crippen molar-refractivity contribution in [1.29, 1.82) is 5.26 Å². The molecule has 0 saturated carbocycles. The Labute approximate surface area is 110 Å².